The van der Waals surface area contributed by atoms with Gasteiger partial charge in [-0.3, -0.25) is 14.9 Å². The zero-order chi connectivity index (χ0) is 20.0. The highest BCUT2D eigenvalue weighted by Crippen LogP contribution is 2.19. The molecule has 8 nitrogen and oxygen atoms in total. The predicted molar refractivity (Wildman–Crippen MR) is 101 cm³/mol. The summed E-state index contributed by atoms with van der Waals surface area (Å²) in [6.07, 6.45) is 3.62. The van der Waals surface area contributed by atoms with Crippen LogP contribution >= 0.6 is 0 Å². The molecule has 1 heterocycles. The average molecular weight is 375 g/mol. The Morgan fingerprint density at radius 3 is 2.48 bits per heavy atom. The summed E-state index contributed by atoms with van der Waals surface area (Å²) in [6, 6.07) is 6.23. The van der Waals surface area contributed by atoms with Gasteiger partial charge in [-0.1, -0.05) is 12.1 Å². The van der Waals surface area contributed by atoms with Crippen LogP contribution in [0.4, 0.5) is 10.5 Å². The second-order valence-corrected chi connectivity index (χ2v) is 7.40. The molecule has 0 bridgehead atoms. The van der Waals surface area contributed by atoms with Crippen molar-refractivity contribution in [1.82, 2.24) is 10.2 Å². The first-order valence-corrected chi connectivity index (χ1v) is 8.85. The van der Waals surface area contributed by atoms with Gasteiger partial charge < -0.3 is 15.0 Å². The van der Waals surface area contributed by atoms with E-state index in [0.717, 1.165) is 0 Å². The van der Waals surface area contributed by atoms with Crippen molar-refractivity contribution in [3.8, 4) is 0 Å². The molecular weight excluding hydrogens is 350 g/mol. The fourth-order valence-electron chi connectivity index (χ4n) is 2.78. The van der Waals surface area contributed by atoms with E-state index in [-0.39, 0.29) is 17.6 Å². The molecule has 2 rings (SSSR count). The lowest BCUT2D eigenvalue weighted by Crippen LogP contribution is -2.47. The largest absolute Gasteiger partial charge is 0.444 e. The standard InChI is InChI=1S/C19H25N3O5/c1-19(2,3)27-18(24)20-15-10-12-21(13-11-15)17(23)9-8-14-6-4-5-7-16(14)22(25)26/h4-9,15H,10-13H2,1-3H3,(H,20,24)/b9-8+. The lowest BCUT2D eigenvalue weighted by molar-refractivity contribution is -0.385. The van der Waals surface area contributed by atoms with Crippen LogP contribution in [0.15, 0.2) is 30.3 Å². The Balaban J connectivity index is 1.87. The fourth-order valence-corrected chi connectivity index (χ4v) is 2.78. The highest BCUT2D eigenvalue weighted by molar-refractivity contribution is 5.92. The predicted octanol–water partition coefficient (Wildman–Crippen LogP) is 3.12. The quantitative estimate of drug-likeness (QED) is 0.495. The minimum atomic E-state index is -0.550. The van der Waals surface area contributed by atoms with E-state index >= 15 is 0 Å². The van der Waals surface area contributed by atoms with Gasteiger partial charge in [0.1, 0.15) is 5.60 Å². The van der Waals surface area contributed by atoms with Gasteiger partial charge in [-0.05, 0) is 45.8 Å². The van der Waals surface area contributed by atoms with E-state index in [1.807, 2.05) is 0 Å². The molecule has 2 amide bonds. The molecule has 0 spiro atoms. The van der Waals surface area contributed by atoms with E-state index in [4.69, 9.17) is 4.74 Å². The van der Waals surface area contributed by atoms with Crippen molar-refractivity contribution >= 4 is 23.8 Å². The maximum atomic E-state index is 12.3. The molecule has 1 N–H and O–H groups in total. The monoisotopic (exact) mass is 375 g/mol. The number of nitro benzene ring substituents is 1. The first kappa shape index (κ1) is 20.4. The van der Waals surface area contributed by atoms with Gasteiger partial charge in [0.2, 0.25) is 5.91 Å². The van der Waals surface area contributed by atoms with Crippen LogP contribution in [-0.4, -0.2) is 46.6 Å². The van der Waals surface area contributed by atoms with Crippen LogP contribution in [0.3, 0.4) is 0 Å². The molecule has 1 aromatic carbocycles. The van der Waals surface area contributed by atoms with Crippen molar-refractivity contribution in [3.63, 3.8) is 0 Å². The molecule has 1 fully saturated rings. The summed E-state index contributed by atoms with van der Waals surface area (Å²) in [4.78, 5) is 36.3. The van der Waals surface area contributed by atoms with Crippen molar-refractivity contribution in [2.75, 3.05) is 13.1 Å². The minimum absolute atomic E-state index is 0.0388. The first-order chi connectivity index (χ1) is 12.7. The van der Waals surface area contributed by atoms with Crippen molar-refractivity contribution in [2.45, 2.75) is 45.3 Å². The van der Waals surface area contributed by atoms with E-state index < -0.39 is 16.6 Å². The molecule has 0 radical (unpaired) electrons. The maximum Gasteiger partial charge on any atom is 0.407 e. The second-order valence-electron chi connectivity index (χ2n) is 7.40. The number of alkyl carbamates (subject to hydrolysis) is 1. The molecule has 1 aliphatic heterocycles. The molecule has 0 saturated carbocycles. The van der Waals surface area contributed by atoms with Crippen LogP contribution in [0.5, 0.6) is 0 Å². The number of nitrogens with one attached hydrogen (secondary N) is 1. The number of para-hydroxylation sites is 1. The minimum Gasteiger partial charge on any atom is -0.444 e. The molecule has 1 saturated heterocycles. The van der Waals surface area contributed by atoms with Gasteiger partial charge in [-0.25, -0.2) is 4.79 Å². The van der Waals surface area contributed by atoms with E-state index in [2.05, 4.69) is 5.32 Å². The number of piperidine rings is 1. The van der Waals surface area contributed by atoms with Crippen molar-refractivity contribution in [2.24, 2.45) is 0 Å². The van der Waals surface area contributed by atoms with Gasteiger partial charge in [0.15, 0.2) is 0 Å². The number of carbonyl (C=O) groups excluding carboxylic acids is 2. The third-order valence-corrected chi connectivity index (χ3v) is 4.07. The normalized spacial score (nSPS) is 15.6. The molecule has 1 aromatic rings. The Morgan fingerprint density at radius 2 is 1.89 bits per heavy atom. The number of amides is 2. The van der Waals surface area contributed by atoms with E-state index in [1.54, 1.807) is 43.9 Å². The molecule has 27 heavy (non-hydrogen) atoms. The van der Waals surface area contributed by atoms with Gasteiger partial charge in [0.25, 0.3) is 5.69 Å². The Kier molecular flexibility index (Phi) is 6.55. The third-order valence-electron chi connectivity index (χ3n) is 4.07. The maximum absolute atomic E-state index is 12.3. The Morgan fingerprint density at radius 1 is 1.26 bits per heavy atom. The van der Waals surface area contributed by atoms with E-state index in [9.17, 15) is 19.7 Å². The summed E-state index contributed by atoms with van der Waals surface area (Å²) in [5.74, 6) is -0.205. The summed E-state index contributed by atoms with van der Waals surface area (Å²) in [5, 5.41) is 13.8. The Bertz CT molecular complexity index is 731. The van der Waals surface area contributed by atoms with Gasteiger partial charge >= 0.3 is 6.09 Å². The molecule has 0 unspecified atom stereocenters. The molecule has 146 valence electrons. The number of carbonyl (C=O) groups is 2. The molecule has 0 aliphatic carbocycles. The van der Waals surface area contributed by atoms with Gasteiger partial charge in [-0.2, -0.15) is 0 Å². The number of nitro groups is 1. The topological polar surface area (TPSA) is 102 Å². The summed E-state index contributed by atoms with van der Waals surface area (Å²) in [6.45, 7) is 6.41. The summed E-state index contributed by atoms with van der Waals surface area (Å²) in [7, 11) is 0. The highest BCUT2D eigenvalue weighted by atomic mass is 16.6. The van der Waals surface area contributed by atoms with Crippen molar-refractivity contribution in [3.05, 3.63) is 46.0 Å². The third kappa shape index (κ3) is 6.40. The Hall–Kier alpha value is -2.90. The number of hydrogen-bond donors (Lipinski definition) is 1. The van der Waals surface area contributed by atoms with Gasteiger partial charge in [0.05, 0.1) is 10.5 Å². The summed E-state index contributed by atoms with van der Waals surface area (Å²) in [5.41, 5.74) is -0.204. The molecule has 8 heteroatoms. The van der Waals surface area contributed by atoms with Crippen LogP contribution < -0.4 is 5.32 Å². The van der Waals surface area contributed by atoms with Crippen LogP contribution in [0.2, 0.25) is 0 Å². The van der Waals surface area contributed by atoms with Crippen molar-refractivity contribution in [1.29, 1.82) is 0 Å². The fraction of sp³-hybridized carbons (Fsp3) is 0.474. The summed E-state index contributed by atoms with van der Waals surface area (Å²) >= 11 is 0. The number of ether oxygens (including phenoxy) is 1. The van der Waals surface area contributed by atoms with Gasteiger partial charge in [-0.15, -0.1) is 0 Å². The number of likely N-dealkylation sites (tertiary alicyclic amines) is 1. The number of nitrogens with zero attached hydrogens (tertiary/aromatic N) is 2. The number of hydrogen-bond acceptors (Lipinski definition) is 5. The summed E-state index contributed by atoms with van der Waals surface area (Å²) < 4.78 is 5.24. The zero-order valence-corrected chi connectivity index (χ0v) is 15.8. The zero-order valence-electron chi connectivity index (χ0n) is 15.8. The molecular formula is C19H25N3O5. The smallest absolute Gasteiger partial charge is 0.407 e. The van der Waals surface area contributed by atoms with Gasteiger partial charge in [0, 0.05) is 31.3 Å². The number of rotatable bonds is 4. The second kappa shape index (κ2) is 8.66. The molecule has 0 atom stereocenters. The van der Waals surface area contributed by atoms with Crippen LogP contribution in [0.1, 0.15) is 39.2 Å². The average Bonchev–Trinajstić information content (AvgIpc) is 2.58. The first-order valence-electron chi connectivity index (χ1n) is 8.85. The SMILES string of the molecule is CC(C)(C)OC(=O)NC1CCN(C(=O)/C=C/c2ccccc2[N+](=O)[O-])CC1. The number of benzene rings is 1. The van der Waals surface area contributed by atoms with E-state index in [1.165, 1.54) is 18.2 Å². The highest BCUT2D eigenvalue weighted by Gasteiger charge is 2.25. The van der Waals surface area contributed by atoms with Crippen LogP contribution in [0, 0.1) is 10.1 Å². The van der Waals surface area contributed by atoms with E-state index in [0.29, 0.717) is 31.5 Å². The molecule has 1 aliphatic rings. The lowest BCUT2D eigenvalue weighted by atomic mass is 10.0. The van der Waals surface area contributed by atoms with Crippen LogP contribution in [0.25, 0.3) is 6.08 Å². The Labute approximate surface area is 158 Å². The van der Waals surface area contributed by atoms with Crippen LogP contribution in [-0.2, 0) is 9.53 Å². The van der Waals surface area contributed by atoms with Crippen molar-refractivity contribution < 1.29 is 19.2 Å². The lowest BCUT2D eigenvalue weighted by Gasteiger charge is -2.32. The molecule has 0 aromatic heterocycles.